The summed E-state index contributed by atoms with van der Waals surface area (Å²) in [6.45, 7) is 4.69. The van der Waals surface area contributed by atoms with Crippen molar-refractivity contribution in [2.24, 2.45) is 0 Å². The van der Waals surface area contributed by atoms with Gasteiger partial charge in [-0.05, 0) is 61.9 Å². The van der Waals surface area contributed by atoms with Crippen LogP contribution in [0.1, 0.15) is 12.5 Å². The Balaban J connectivity index is 1.69. The molecule has 5 nitrogen and oxygen atoms in total. The number of benzene rings is 2. The van der Waals surface area contributed by atoms with Crippen LogP contribution >= 0.6 is 39.3 Å². The smallest absolute Gasteiger partial charge is 0.234 e. The van der Waals surface area contributed by atoms with Crippen LogP contribution in [0.15, 0.2) is 52.1 Å². The van der Waals surface area contributed by atoms with E-state index in [1.165, 1.54) is 11.8 Å². The minimum absolute atomic E-state index is 0.0795. The van der Waals surface area contributed by atoms with Gasteiger partial charge < -0.3 is 9.88 Å². The first kappa shape index (κ1) is 19.9. The van der Waals surface area contributed by atoms with Crippen LogP contribution < -0.4 is 5.32 Å². The van der Waals surface area contributed by atoms with Crippen LogP contribution in [-0.2, 0) is 11.3 Å². The molecule has 0 saturated carbocycles. The monoisotopic (exact) mass is 464 g/mol. The van der Waals surface area contributed by atoms with Crippen LogP contribution in [0.25, 0.3) is 11.4 Å². The van der Waals surface area contributed by atoms with Crippen LogP contribution in [0.5, 0.6) is 0 Å². The Hall–Kier alpha value is -1.83. The highest BCUT2D eigenvalue weighted by Gasteiger charge is 2.15. The number of aryl methyl sites for hydroxylation is 1. The molecule has 8 heteroatoms. The molecule has 1 heterocycles. The van der Waals surface area contributed by atoms with Crippen molar-refractivity contribution in [1.29, 1.82) is 0 Å². The Morgan fingerprint density at radius 3 is 2.63 bits per heavy atom. The van der Waals surface area contributed by atoms with E-state index in [1.54, 1.807) is 0 Å². The second kappa shape index (κ2) is 8.91. The lowest BCUT2D eigenvalue weighted by Crippen LogP contribution is -2.15. The van der Waals surface area contributed by atoms with Crippen LogP contribution in [0.4, 0.5) is 5.69 Å². The van der Waals surface area contributed by atoms with Gasteiger partial charge in [0.25, 0.3) is 0 Å². The molecule has 0 bridgehead atoms. The fraction of sp³-hybridized carbons (Fsp3) is 0.211. The third-order valence-corrected chi connectivity index (χ3v) is 5.64. The number of anilines is 1. The zero-order chi connectivity index (χ0) is 19.4. The second-order valence-corrected chi connectivity index (χ2v) is 8.15. The van der Waals surface area contributed by atoms with Gasteiger partial charge in [0.15, 0.2) is 11.0 Å². The molecule has 0 aliphatic heterocycles. The van der Waals surface area contributed by atoms with Crippen molar-refractivity contribution in [3.05, 3.63) is 57.5 Å². The average Bonchev–Trinajstić information content (AvgIpc) is 3.06. The summed E-state index contributed by atoms with van der Waals surface area (Å²) >= 11 is 10.7. The number of amides is 1. The fourth-order valence-electron chi connectivity index (χ4n) is 2.58. The van der Waals surface area contributed by atoms with Gasteiger partial charge in [-0.1, -0.05) is 39.3 Å². The zero-order valence-corrected chi connectivity index (χ0v) is 18.0. The van der Waals surface area contributed by atoms with Gasteiger partial charge in [0.1, 0.15) is 0 Å². The molecule has 1 amide bonds. The summed E-state index contributed by atoms with van der Waals surface area (Å²) in [7, 11) is 0. The largest absolute Gasteiger partial charge is 0.325 e. The van der Waals surface area contributed by atoms with Crippen LogP contribution in [0, 0.1) is 6.92 Å². The van der Waals surface area contributed by atoms with E-state index in [1.807, 2.05) is 60.9 Å². The van der Waals surface area contributed by atoms with Crippen molar-refractivity contribution < 1.29 is 4.79 Å². The van der Waals surface area contributed by atoms with Crippen LogP contribution in [0.3, 0.4) is 0 Å². The maximum absolute atomic E-state index is 12.3. The Morgan fingerprint density at radius 1 is 1.22 bits per heavy atom. The lowest BCUT2D eigenvalue weighted by Gasteiger charge is -2.09. The van der Waals surface area contributed by atoms with Crippen molar-refractivity contribution in [1.82, 2.24) is 14.8 Å². The maximum Gasteiger partial charge on any atom is 0.234 e. The van der Waals surface area contributed by atoms with E-state index >= 15 is 0 Å². The molecule has 0 atom stereocenters. The predicted octanol–water partition coefficient (Wildman–Crippen LogP) is 5.42. The van der Waals surface area contributed by atoms with Gasteiger partial charge in [0.2, 0.25) is 5.91 Å². The molecular formula is C19H18BrClN4OS. The average molecular weight is 466 g/mol. The summed E-state index contributed by atoms with van der Waals surface area (Å²) in [5.74, 6) is 0.943. The molecule has 1 N–H and O–H groups in total. The number of halogens is 2. The summed E-state index contributed by atoms with van der Waals surface area (Å²) < 4.78 is 2.98. The predicted molar refractivity (Wildman–Crippen MR) is 114 cm³/mol. The van der Waals surface area contributed by atoms with Gasteiger partial charge in [0, 0.05) is 27.3 Å². The van der Waals surface area contributed by atoms with Crippen molar-refractivity contribution in [3.63, 3.8) is 0 Å². The third-order valence-electron chi connectivity index (χ3n) is 3.93. The quantitative estimate of drug-likeness (QED) is 0.494. The third kappa shape index (κ3) is 4.91. The Labute approximate surface area is 175 Å². The van der Waals surface area contributed by atoms with E-state index in [2.05, 4.69) is 31.4 Å². The lowest BCUT2D eigenvalue weighted by molar-refractivity contribution is -0.113. The molecular weight excluding hydrogens is 448 g/mol. The van der Waals surface area contributed by atoms with E-state index in [0.29, 0.717) is 16.7 Å². The highest BCUT2D eigenvalue weighted by molar-refractivity contribution is 9.10. The van der Waals surface area contributed by atoms with Gasteiger partial charge in [-0.2, -0.15) is 0 Å². The molecule has 3 rings (SSSR count). The SMILES string of the molecule is CCn1c(SCC(=O)Nc2ccc(Br)cc2C)nnc1-c1ccc(Cl)cc1. The summed E-state index contributed by atoms with van der Waals surface area (Å²) in [4.78, 5) is 12.3. The zero-order valence-electron chi connectivity index (χ0n) is 14.9. The van der Waals surface area contributed by atoms with Crippen LogP contribution in [-0.4, -0.2) is 26.4 Å². The van der Waals surface area contributed by atoms with Gasteiger partial charge >= 0.3 is 0 Å². The molecule has 140 valence electrons. The molecule has 0 radical (unpaired) electrons. The van der Waals surface area contributed by atoms with Crippen molar-refractivity contribution in [2.45, 2.75) is 25.5 Å². The molecule has 2 aromatic carbocycles. The lowest BCUT2D eigenvalue weighted by atomic mass is 10.2. The standard InChI is InChI=1S/C19H18BrClN4OS/c1-3-25-18(13-4-7-15(21)8-5-13)23-24-19(25)27-11-17(26)22-16-9-6-14(20)10-12(16)2/h4-10H,3,11H2,1-2H3,(H,22,26). The summed E-state index contributed by atoms with van der Waals surface area (Å²) in [5, 5.41) is 12.9. The van der Waals surface area contributed by atoms with Crippen molar-refractivity contribution in [3.8, 4) is 11.4 Å². The Bertz CT molecular complexity index is 959. The number of hydrogen-bond acceptors (Lipinski definition) is 4. The number of hydrogen-bond donors (Lipinski definition) is 1. The van der Waals surface area contributed by atoms with Crippen molar-refractivity contribution >= 4 is 50.9 Å². The maximum atomic E-state index is 12.3. The van der Waals surface area contributed by atoms with Gasteiger partial charge in [0.05, 0.1) is 5.75 Å². The van der Waals surface area contributed by atoms with E-state index in [-0.39, 0.29) is 11.7 Å². The molecule has 27 heavy (non-hydrogen) atoms. The topological polar surface area (TPSA) is 59.8 Å². The summed E-state index contributed by atoms with van der Waals surface area (Å²) in [6, 6.07) is 13.2. The molecule has 0 unspecified atom stereocenters. The number of nitrogens with one attached hydrogen (secondary N) is 1. The van der Waals surface area contributed by atoms with Crippen LogP contribution in [0.2, 0.25) is 5.02 Å². The van der Waals surface area contributed by atoms with Gasteiger partial charge in [-0.25, -0.2) is 0 Å². The number of nitrogens with zero attached hydrogens (tertiary/aromatic N) is 3. The number of rotatable bonds is 6. The first-order valence-corrected chi connectivity index (χ1v) is 10.5. The number of aromatic nitrogens is 3. The molecule has 0 spiro atoms. The molecule has 3 aromatic rings. The first-order chi connectivity index (χ1) is 13.0. The number of carbonyl (C=O) groups excluding carboxylic acids is 1. The molecule has 0 saturated heterocycles. The van der Waals surface area contributed by atoms with E-state index in [0.717, 1.165) is 27.1 Å². The number of carbonyl (C=O) groups is 1. The minimum atomic E-state index is -0.0795. The molecule has 0 aliphatic carbocycles. The summed E-state index contributed by atoms with van der Waals surface area (Å²) in [6.07, 6.45) is 0. The number of thioether (sulfide) groups is 1. The normalized spacial score (nSPS) is 10.8. The Kier molecular flexibility index (Phi) is 6.57. The van der Waals surface area contributed by atoms with E-state index in [4.69, 9.17) is 11.6 Å². The highest BCUT2D eigenvalue weighted by atomic mass is 79.9. The fourth-order valence-corrected chi connectivity index (χ4v) is 3.98. The Morgan fingerprint density at radius 2 is 1.96 bits per heavy atom. The minimum Gasteiger partial charge on any atom is -0.325 e. The highest BCUT2D eigenvalue weighted by Crippen LogP contribution is 2.26. The molecule has 0 aliphatic rings. The second-order valence-electron chi connectivity index (χ2n) is 5.85. The summed E-state index contributed by atoms with van der Waals surface area (Å²) in [5.41, 5.74) is 2.75. The van der Waals surface area contributed by atoms with Gasteiger partial charge in [-0.3, -0.25) is 4.79 Å². The van der Waals surface area contributed by atoms with Gasteiger partial charge in [-0.15, -0.1) is 10.2 Å². The molecule has 0 fully saturated rings. The van der Waals surface area contributed by atoms with E-state index < -0.39 is 0 Å². The molecule has 1 aromatic heterocycles. The van der Waals surface area contributed by atoms with E-state index in [9.17, 15) is 4.79 Å². The van der Waals surface area contributed by atoms with Crippen molar-refractivity contribution in [2.75, 3.05) is 11.1 Å². The first-order valence-electron chi connectivity index (χ1n) is 8.36.